The zero-order valence-corrected chi connectivity index (χ0v) is 28.0. The Bertz CT molecular complexity index is 2250. The SMILES string of the molecule is c1ccc(P2c3ccccc3Nc3ccccc3P(c3ccccc3)c3ccc4ccccc4c3Nc3c2ccc2ccccc32)cc1. The van der Waals surface area contributed by atoms with Gasteiger partial charge in [-0.1, -0.05) is 170 Å². The predicted octanol–water partition coefficient (Wildman–Crippen LogP) is 9.31. The standard InChI is InChI=1S/C44H32N2P2/c1-3-17-33(18-4-1)47-39-25-13-11-23-37(39)45-38-24-12-14-26-40(38)48(34-19-5-2-6-20-34)42-30-28-32-16-8-10-22-36(32)44(42)46-43-35-21-9-7-15-31(35)27-29-41(43)47/h1-30,45-46H. The van der Waals surface area contributed by atoms with Gasteiger partial charge in [0.15, 0.2) is 0 Å². The van der Waals surface area contributed by atoms with Crippen molar-refractivity contribution in [3.63, 3.8) is 0 Å². The maximum Gasteiger partial charge on any atom is 0.0549 e. The maximum atomic E-state index is 4.22. The number of hydrogen-bond acceptors (Lipinski definition) is 2. The van der Waals surface area contributed by atoms with Crippen molar-refractivity contribution in [2.45, 2.75) is 0 Å². The highest BCUT2D eigenvalue weighted by molar-refractivity contribution is 7.81. The molecule has 2 atom stereocenters. The number of benzene rings is 8. The quantitative estimate of drug-likeness (QED) is 0.182. The topological polar surface area (TPSA) is 24.1 Å². The van der Waals surface area contributed by atoms with E-state index in [9.17, 15) is 0 Å². The van der Waals surface area contributed by atoms with Crippen LogP contribution in [0, 0.1) is 0 Å². The predicted molar refractivity (Wildman–Crippen MR) is 212 cm³/mol. The van der Waals surface area contributed by atoms with Crippen LogP contribution in [-0.4, -0.2) is 0 Å². The van der Waals surface area contributed by atoms with Crippen LogP contribution in [-0.2, 0) is 0 Å². The lowest BCUT2D eigenvalue weighted by molar-refractivity contribution is 1.59. The van der Waals surface area contributed by atoms with Crippen LogP contribution < -0.4 is 42.5 Å². The molecule has 0 saturated carbocycles. The summed E-state index contributed by atoms with van der Waals surface area (Å²) in [4.78, 5) is 0. The minimum atomic E-state index is -0.961. The molecule has 0 aliphatic carbocycles. The molecule has 228 valence electrons. The summed E-state index contributed by atoms with van der Waals surface area (Å²) in [6.45, 7) is 0. The zero-order valence-electron chi connectivity index (χ0n) is 26.2. The van der Waals surface area contributed by atoms with Crippen LogP contribution in [0.3, 0.4) is 0 Å². The molecule has 2 unspecified atom stereocenters. The molecule has 9 rings (SSSR count). The summed E-state index contributed by atoms with van der Waals surface area (Å²) in [5.74, 6) is 0. The van der Waals surface area contributed by atoms with E-state index in [0.717, 1.165) is 11.4 Å². The van der Waals surface area contributed by atoms with Crippen LogP contribution in [0.2, 0.25) is 0 Å². The van der Waals surface area contributed by atoms with E-state index in [1.807, 2.05) is 0 Å². The lowest BCUT2D eigenvalue weighted by Crippen LogP contribution is -2.29. The number of nitrogens with one attached hydrogen (secondary N) is 2. The zero-order chi connectivity index (χ0) is 31.9. The lowest BCUT2D eigenvalue weighted by Gasteiger charge is -2.31. The minimum absolute atomic E-state index is 0.961. The Kier molecular flexibility index (Phi) is 7.47. The Labute approximate surface area is 283 Å². The Morgan fingerprint density at radius 2 is 0.688 bits per heavy atom. The monoisotopic (exact) mass is 650 g/mol. The van der Waals surface area contributed by atoms with Crippen LogP contribution in [0.1, 0.15) is 0 Å². The molecule has 0 fully saturated rings. The highest BCUT2D eigenvalue weighted by Crippen LogP contribution is 2.46. The molecule has 1 heterocycles. The summed E-state index contributed by atoms with van der Waals surface area (Å²) in [6.07, 6.45) is 0. The first-order valence-corrected chi connectivity index (χ1v) is 19.0. The van der Waals surface area contributed by atoms with E-state index in [2.05, 4.69) is 193 Å². The van der Waals surface area contributed by atoms with Gasteiger partial charge >= 0.3 is 0 Å². The number of hydrogen-bond donors (Lipinski definition) is 2. The highest BCUT2D eigenvalue weighted by atomic mass is 31.1. The molecular weight excluding hydrogens is 618 g/mol. The molecule has 48 heavy (non-hydrogen) atoms. The summed E-state index contributed by atoms with van der Waals surface area (Å²) in [5.41, 5.74) is 4.63. The molecule has 0 amide bonds. The summed E-state index contributed by atoms with van der Waals surface area (Å²) >= 11 is 0. The van der Waals surface area contributed by atoms with Crippen molar-refractivity contribution in [3.05, 3.63) is 182 Å². The highest BCUT2D eigenvalue weighted by Gasteiger charge is 2.29. The number of para-hydroxylation sites is 2. The van der Waals surface area contributed by atoms with Gasteiger partial charge in [-0.25, -0.2) is 0 Å². The van der Waals surface area contributed by atoms with Gasteiger partial charge in [-0.3, -0.25) is 0 Å². The average Bonchev–Trinajstić information content (AvgIpc) is 3.15. The fraction of sp³-hybridized carbons (Fsp3) is 0. The molecule has 0 bridgehead atoms. The minimum Gasteiger partial charge on any atom is -0.354 e. The van der Waals surface area contributed by atoms with Crippen molar-refractivity contribution in [3.8, 4) is 0 Å². The van der Waals surface area contributed by atoms with E-state index < -0.39 is 15.8 Å². The van der Waals surface area contributed by atoms with Crippen LogP contribution in [0.25, 0.3) is 21.5 Å². The van der Waals surface area contributed by atoms with Gasteiger partial charge < -0.3 is 10.6 Å². The fourth-order valence-corrected chi connectivity index (χ4v) is 12.0. The van der Waals surface area contributed by atoms with E-state index in [-0.39, 0.29) is 0 Å². The van der Waals surface area contributed by atoms with E-state index in [4.69, 9.17) is 0 Å². The molecule has 0 spiro atoms. The van der Waals surface area contributed by atoms with Gasteiger partial charge in [0.2, 0.25) is 0 Å². The maximum absolute atomic E-state index is 4.22. The van der Waals surface area contributed by atoms with Crippen molar-refractivity contribution in [1.29, 1.82) is 0 Å². The second-order valence-corrected chi connectivity index (χ2v) is 16.3. The Morgan fingerprint density at radius 1 is 0.292 bits per heavy atom. The summed E-state index contributed by atoms with van der Waals surface area (Å²) in [7, 11) is -1.92. The largest absolute Gasteiger partial charge is 0.354 e. The van der Waals surface area contributed by atoms with Gasteiger partial charge in [0, 0.05) is 43.4 Å². The van der Waals surface area contributed by atoms with Gasteiger partial charge in [0.25, 0.3) is 0 Å². The molecule has 0 aromatic heterocycles. The van der Waals surface area contributed by atoms with Gasteiger partial charge in [0.05, 0.1) is 11.4 Å². The van der Waals surface area contributed by atoms with E-state index >= 15 is 0 Å². The van der Waals surface area contributed by atoms with Gasteiger partial charge in [0.1, 0.15) is 0 Å². The molecule has 0 radical (unpaired) electrons. The van der Waals surface area contributed by atoms with Gasteiger partial charge in [-0.2, -0.15) is 0 Å². The van der Waals surface area contributed by atoms with E-state index in [0.29, 0.717) is 0 Å². The first-order chi connectivity index (χ1) is 23.8. The third-order valence-electron chi connectivity index (χ3n) is 9.13. The van der Waals surface area contributed by atoms with Crippen LogP contribution in [0.5, 0.6) is 0 Å². The van der Waals surface area contributed by atoms with E-state index in [1.54, 1.807) is 0 Å². The number of anilines is 4. The Balaban J connectivity index is 1.44. The van der Waals surface area contributed by atoms with Gasteiger partial charge in [-0.15, -0.1) is 0 Å². The van der Waals surface area contributed by atoms with Crippen molar-refractivity contribution in [1.82, 2.24) is 0 Å². The lowest BCUT2D eigenvalue weighted by atomic mass is 10.1. The molecule has 1 aliphatic heterocycles. The van der Waals surface area contributed by atoms with E-state index in [1.165, 1.54) is 64.7 Å². The Hall–Kier alpha value is -5.26. The smallest absolute Gasteiger partial charge is 0.0549 e. The molecule has 8 aromatic rings. The number of rotatable bonds is 2. The van der Waals surface area contributed by atoms with Crippen molar-refractivity contribution in [2.75, 3.05) is 10.6 Å². The third kappa shape index (κ3) is 5.06. The first-order valence-electron chi connectivity index (χ1n) is 16.3. The van der Waals surface area contributed by atoms with Gasteiger partial charge in [-0.05, 0) is 49.4 Å². The normalized spacial score (nSPS) is 15.4. The second-order valence-electron chi connectivity index (χ2n) is 12.0. The molecule has 1 aliphatic rings. The van der Waals surface area contributed by atoms with Crippen LogP contribution in [0.4, 0.5) is 22.7 Å². The molecule has 0 saturated heterocycles. The summed E-state index contributed by atoms with van der Waals surface area (Å²) in [5, 5.41) is 21.0. The van der Waals surface area contributed by atoms with Crippen LogP contribution in [0.15, 0.2) is 182 Å². The van der Waals surface area contributed by atoms with Crippen molar-refractivity contribution in [2.24, 2.45) is 0 Å². The first kappa shape index (κ1) is 28.9. The third-order valence-corrected chi connectivity index (χ3v) is 14.2. The van der Waals surface area contributed by atoms with Crippen molar-refractivity contribution >= 4 is 92.0 Å². The number of fused-ring (bicyclic) bond motifs is 8. The average molecular weight is 651 g/mol. The second kappa shape index (κ2) is 12.4. The molecule has 4 heteroatoms. The molecular formula is C44H32N2P2. The molecule has 2 nitrogen and oxygen atoms in total. The van der Waals surface area contributed by atoms with Crippen molar-refractivity contribution < 1.29 is 0 Å². The summed E-state index contributed by atoms with van der Waals surface area (Å²) < 4.78 is 0. The van der Waals surface area contributed by atoms with Crippen LogP contribution >= 0.6 is 15.8 Å². The fourth-order valence-electron chi connectivity index (χ4n) is 6.94. The molecule has 2 N–H and O–H groups in total. The summed E-state index contributed by atoms with van der Waals surface area (Å²) in [6, 6.07) is 66.8. The Morgan fingerprint density at radius 3 is 1.17 bits per heavy atom. The molecule has 8 aromatic carbocycles.